The van der Waals surface area contributed by atoms with Gasteiger partial charge in [-0.25, -0.2) is 0 Å². The summed E-state index contributed by atoms with van der Waals surface area (Å²) < 4.78 is 0. The van der Waals surface area contributed by atoms with Gasteiger partial charge in [-0.15, -0.1) is 0 Å². The maximum atomic E-state index is 9.31. The normalized spacial score (nSPS) is 5.67. The minimum atomic E-state index is 0. The van der Waals surface area contributed by atoms with E-state index in [-0.39, 0.29) is 22.4 Å². The summed E-state index contributed by atoms with van der Waals surface area (Å²) in [6.07, 6.45) is 1.61. The van der Waals surface area contributed by atoms with Crippen LogP contribution in [0.3, 0.4) is 0 Å². The summed E-state index contributed by atoms with van der Waals surface area (Å²) in [6, 6.07) is 0. The third kappa shape index (κ3) is 8.88. The SMILES string of the molecule is CN(C)[C-]=O.[Au+]. The van der Waals surface area contributed by atoms with Gasteiger partial charge in [0.1, 0.15) is 0 Å². The summed E-state index contributed by atoms with van der Waals surface area (Å²) in [7, 11) is 3.26. The van der Waals surface area contributed by atoms with Crippen LogP contribution in [-0.2, 0) is 27.2 Å². The summed E-state index contributed by atoms with van der Waals surface area (Å²) in [4.78, 5) is 10.6. The molecule has 0 spiro atoms. The average molecular weight is 269 g/mol. The van der Waals surface area contributed by atoms with Crippen molar-refractivity contribution in [1.29, 1.82) is 0 Å². The van der Waals surface area contributed by atoms with E-state index >= 15 is 0 Å². The van der Waals surface area contributed by atoms with Gasteiger partial charge in [0.25, 0.3) is 0 Å². The topological polar surface area (TPSA) is 20.3 Å². The van der Waals surface area contributed by atoms with Crippen LogP contribution in [0.4, 0.5) is 0 Å². The van der Waals surface area contributed by atoms with Gasteiger partial charge < -0.3 is 9.69 Å². The first-order chi connectivity index (χ1) is 2.27. The molecule has 0 unspecified atom stereocenters. The molecule has 0 bridgehead atoms. The number of hydrogen-bond acceptors (Lipinski definition) is 1. The minimum absolute atomic E-state index is 0. The molecule has 2 nitrogen and oxygen atoms in total. The average Bonchev–Trinajstić information content (AvgIpc) is 1.38. The van der Waals surface area contributed by atoms with Crippen LogP contribution in [0.2, 0.25) is 0 Å². The quantitative estimate of drug-likeness (QED) is 0.361. The van der Waals surface area contributed by atoms with E-state index in [0.29, 0.717) is 0 Å². The summed E-state index contributed by atoms with van der Waals surface area (Å²) in [6.45, 7) is 0. The van der Waals surface area contributed by atoms with Crippen molar-refractivity contribution in [3.63, 3.8) is 0 Å². The van der Waals surface area contributed by atoms with Gasteiger partial charge in [-0.1, -0.05) is 0 Å². The predicted octanol–water partition coefficient (Wildman–Crippen LogP) is -0.387. The molecular weight excluding hydrogens is 263 g/mol. The van der Waals surface area contributed by atoms with Crippen LogP contribution in [0.1, 0.15) is 0 Å². The van der Waals surface area contributed by atoms with Crippen molar-refractivity contribution in [3.8, 4) is 0 Å². The van der Waals surface area contributed by atoms with Crippen LogP contribution in [0, 0.1) is 0 Å². The Hall–Kier alpha value is 0.210. The van der Waals surface area contributed by atoms with E-state index in [9.17, 15) is 4.79 Å². The molecule has 0 aromatic carbocycles. The molecule has 0 aromatic rings. The molecule has 0 atom stereocenters. The zero-order valence-corrected chi connectivity index (χ0v) is 5.82. The van der Waals surface area contributed by atoms with Gasteiger partial charge in [-0.2, -0.15) is 6.41 Å². The molecule has 0 aliphatic carbocycles. The molecule has 0 aliphatic heterocycles. The Morgan fingerprint density at radius 3 is 1.67 bits per heavy atom. The predicted molar refractivity (Wildman–Crippen MR) is 19.4 cm³/mol. The number of hydrogen-bond donors (Lipinski definition) is 0. The molecule has 0 N–H and O–H groups in total. The minimum Gasteiger partial charge on any atom is -0.522 e. The van der Waals surface area contributed by atoms with Gasteiger partial charge in [-0.3, -0.25) is 0 Å². The molecule has 0 radical (unpaired) electrons. The number of nitrogens with zero attached hydrogens (tertiary/aromatic N) is 1. The van der Waals surface area contributed by atoms with Crippen molar-refractivity contribution in [2.75, 3.05) is 14.1 Å². The van der Waals surface area contributed by atoms with Crippen molar-refractivity contribution < 1.29 is 27.2 Å². The number of amides is 1. The van der Waals surface area contributed by atoms with Gasteiger partial charge >= 0.3 is 22.4 Å². The fraction of sp³-hybridized carbons (Fsp3) is 0.667. The summed E-state index contributed by atoms with van der Waals surface area (Å²) in [5, 5.41) is 0. The van der Waals surface area contributed by atoms with Crippen molar-refractivity contribution in [2.45, 2.75) is 0 Å². The maximum absolute atomic E-state index is 9.31. The first-order valence-electron chi connectivity index (χ1n) is 1.32. The molecule has 0 aliphatic rings. The largest absolute Gasteiger partial charge is 1.00 e. The third-order valence-corrected chi connectivity index (χ3v) is 0.183. The van der Waals surface area contributed by atoms with Crippen LogP contribution in [-0.4, -0.2) is 25.4 Å². The second kappa shape index (κ2) is 5.21. The standard InChI is InChI=1S/C3H6NO.Au/c1-4(2)3-5;/h1-2H3;/q-1;+1. The van der Waals surface area contributed by atoms with Crippen molar-refractivity contribution >= 4 is 6.41 Å². The van der Waals surface area contributed by atoms with E-state index < -0.39 is 0 Å². The van der Waals surface area contributed by atoms with Crippen LogP contribution >= 0.6 is 0 Å². The molecule has 0 saturated carbocycles. The smallest absolute Gasteiger partial charge is 0.522 e. The first-order valence-corrected chi connectivity index (χ1v) is 1.32. The Kier molecular flexibility index (Phi) is 8.26. The summed E-state index contributed by atoms with van der Waals surface area (Å²) in [5.74, 6) is 0. The van der Waals surface area contributed by atoms with E-state index in [1.54, 1.807) is 20.5 Å². The Morgan fingerprint density at radius 1 is 1.50 bits per heavy atom. The first kappa shape index (κ1) is 9.51. The zero-order valence-electron chi connectivity index (χ0n) is 3.66. The molecule has 3 heteroatoms. The van der Waals surface area contributed by atoms with Gasteiger partial charge in [0.05, 0.1) is 0 Å². The molecule has 1 amide bonds. The Labute approximate surface area is 53.0 Å². The van der Waals surface area contributed by atoms with Gasteiger partial charge in [-0.05, 0) is 14.1 Å². The Bertz CT molecular complexity index is 37.8. The second-order valence-corrected chi connectivity index (χ2v) is 0.986. The Morgan fingerprint density at radius 2 is 1.67 bits per heavy atom. The molecule has 6 heavy (non-hydrogen) atoms. The van der Waals surface area contributed by atoms with Crippen LogP contribution in [0.15, 0.2) is 0 Å². The van der Waals surface area contributed by atoms with Gasteiger partial charge in [0, 0.05) is 0 Å². The summed E-state index contributed by atoms with van der Waals surface area (Å²) >= 11 is 0. The monoisotopic (exact) mass is 269 g/mol. The Balaban J connectivity index is 0. The number of rotatable bonds is 1. The maximum Gasteiger partial charge on any atom is 1.00 e. The van der Waals surface area contributed by atoms with E-state index in [1.165, 1.54) is 4.90 Å². The van der Waals surface area contributed by atoms with Crippen molar-refractivity contribution in [1.82, 2.24) is 4.90 Å². The fourth-order valence-corrected chi connectivity index (χ4v) is 0. The molecular formula is C3H6AuNO. The molecule has 0 rings (SSSR count). The zero-order chi connectivity index (χ0) is 4.28. The van der Waals surface area contributed by atoms with Crippen LogP contribution in [0.5, 0.6) is 0 Å². The number of carbonyl (C=O) groups excluding carboxylic acids is 1. The fourth-order valence-electron chi connectivity index (χ4n) is 0. The van der Waals surface area contributed by atoms with E-state index in [0.717, 1.165) is 0 Å². The molecule has 0 heterocycles. The molecule has 0 aromatic heterocycles. The third-order valence-electron chi connectivity index (χ3n) is 0.183. The van der Waals surface area contributed by atoms with Crippen LogP contribution < -0.4 is 0 Å². The van der Waals surface area contributed by atoms with E-state index in [2.05, 4.69) is 0 Å². The molecule has 40 valence electrons. The second-order valence-electron chi connectivity index (χ2n) is 0.986. The van der Waals surface area contributed by atoms with Crippen LogP contribution in [0.25, 0.3) is 0 Å². The summed E-state index contributed by atoms with van der Waals surface area (Å²) in [5.41, 5.74) is 0. The molecule has 0 fully saturated rings. The van der Waals surface area contributed by atoms with E-state index in [4.69, 9.17) is 0 Å². The van der Waals surface area contributed by atoms with E-state index in [1.807, 2.05) is 0 Å². The van der Waals surface area contributed by atoms with Gasteiger partial charge in [0.15, 0.2) is 0 Å². The molecule has 0 saturated heterocycles. The van der Waals surface area contributed by atoms with Gasteiger partial charge in [0.2, 0.25) is 0 Å². The van der Waals surface area contributed by atoms with Crippen molar-refractivity contribution in [3.05, 3.63) is 0 Å². The van der Waals surface area contributed by atoms with Crippen molar-refractivity contribution in [2.24, 2.45) is 0 Å².